The Balaban J connectivity index is 2.96. The normalized spacial score (nSPS) is 13.7. The van der Waals surface area contributed by atoms with Gasteiger partial charge in [0.1, 0.15) is 6.10 Å². The van der Waals surface area contributed by atoms with E-state index in [1.54, 1.807) is 0 Å². The Hall–Kier alpha value is -0.410. The van der Waals surface area contributed by atoms with Crippen molar-refractivity contribution in [3.8, 4) is 0 Å². The molecule has 3 nitrogen and oxygen atoms in total. The third-order valence-corrected chi connectivity index (χ3v) is 0.359. The third kappa shape index (κ3) is 1.87. The Morgan fingerprint density at radius 2 is 2.50 bits per heavy atom. The highest BCUT2D eigenvalue weighted by Crippen LogP contribution is 1.63. The zero-order valence-corrected chi connectivity index (χ0v) is 3.22. The van der Waals surface area contributed by atoms with Gasteiger partial charge in [-0.15, -0.1) is 0 Å². The minimum Gasteiger partial charge on any atom is -0.383 e. The number of aliphatic hydroxyl groups excluding tert-OH is 1. The molecule has 3 heteroatoms. The van der Waals surface area contributed by atoms with E-state index in [9.17, 15) is 4.79 Å². The lowest BCUT2D eigenvalue weighted by atomic mass is 10.4. The van der Waals surface area contributed by atoms with Crippen LogP contribution in [0, 0.1) is 0 Å². The van der Waals surface area contributed by atoms with Crippen molar-refractivity contribution in [1.29, 1.82) is 0 Å². The van der Waals surface area contributed by atoms with Crippen molar-refractivity contribution in [1.82, 2.24) is 0 Å². The topological polar surface area (TPSA) is 63.3 Å². The van der Waals surface area contributed by atoms with Crippen LogP contribution in [0.5, 0.6) is 0 Å². The van der Waals surface area contributed by atoms with E-state index in [2.05, 4.69) is 0 Å². The predicted molar refractivity (Wildman–Crippen MR) is 20.8 cm³/mol. The van der Waals surface area contributed by atoms with Crippen LogP contribution in [0.3, 0.4) is 0 Å². The molecular weight excluding hydrogens is 82.0 g/mol. The van der Waals surface area contributed by atoms with Crippen LogP contribution in [0.4, 0.5) is 0 Å². The highest BCUT2D eigenvalue weighted by atomic mass is 16.3. The molecule has 0 heterocycles. The van der Waals surface area contributed by atoms with Crippen LogP contribution >= 0.6 is 0 Å². The lowest BCUT2D eigenvalue weighted by Gasteiger charge is -1.88. The second-order valence-electron chi connectivity index (χ2n) is 0.869. The quantitative estimate of drug-likeness (QED) is 0.428. The lowest BCUT2D eigenvalue weighted by molar-refractivity contribution is 0.242. The number of nitrogens with two attached hydrogens (primary N) is 1. The zero-order valence-electron chi connectivity index (χ0n) is 3.22. The maximum atomic E-state index is 9.28. The molecule has 0 aromatic rings. The van der Waals surface area contributed by atoms with E-state index in [0.29, 0.717) is 0 Å². The van der Waals surface area contributed by atoms with Gasteiger partial charge in [0, 0.05) is 6.54 Å². The molecule has 0 aliphatic rings. The molecule has 0 aromatic heterocycles. The molecule has 0 rings (SSSR count). The molecule has 0 aromatic carbocycles. The first-order chi connectivity index (χ1) is 2.81. The SMILES string of the molecule is NC[C@H](O)[C]=O. The maximum absolute atomic E-state index is 9.28. The van der Waals surface area contributed by atoms with E-state index in [1.165, 1.54) is 6.29 Å². The van der Waals surface area contributed by atoms with Crippen molar-refractivity contribution in [3.05, 3.63) is 0 Å². The highest BCUT2D eigenvalue weighted by Gasteiger charge is 1.93. The fourth-order valence-corrected chi connectivity index (χ4v) is 0.0481. The van der Waals surface area contributed by atoms with E-state index in [-0.39, 0.29) is 6.54 Å². The predicted octanol–water partition coefficient (Wildman–Crippen LogP) is -1.58. The number of rotatable bonds is 2. The van der Waals surface area contributed by atoms with Crippen molar-refractivity contribution in [2.24, 2.45) is 5.73 Å². The Kier molecular flexibility index (Phi) is 2.62. The molecule has 35 valence electrons. The van der Waals surface area contributed by atoms with E-state index < -0.39 is 6.10 Å². The summed E-state index contributed by atoms with van der Waals surface area (Å²) >= 11 is 0. The molecule has 6 heavy (non-hydrogen) atoms. The molecule has 0 spiro atoms. The molecule has 1 atom stereocenters. The molecule has 0 amide bonds. The molecule has 0 bridgehead atoms. The third-order valence-electron chi connectivity index (χ3n) is 0.359. The van der Waals surface area contributed by atoms with Gasteiger partial charge >= 0.3 is 0 Å². The van der Waals surface area contributed by atoms with Gasteiger partial charge in [-0.25, -0.2) is 0 Å². The van der Waals surface area contributed by atoms with Crippen molar-refractivity contribution in [2.75, 3.05) is 6.54 Å². The van der Waals surface area contributed by atoms with E-state index in [0.717, 1.165) is 0 Å². The monoisotopic (exact) mass is 88.0 g/mol. The van der Waals surface area contributed by atoms with Gasteiger partial charge in [-0.3, -0.25) is 4.79 Å². The largest absolute Gasteiger partial charge is 0.383 e. The Morgan fingerprint density at radius 1 is 2.00 bits per heavy atom. The van der Waals surface area contributed by atoms with E-state index in [4.69, 9.17) is 10.8 Å². The van der Waals surface area contributed by atoms with Gasteiger partial charge in [-0.2, -0.15) is 0 Å². The molecule has 0 aliphatic carbocycles. The Morgan fingerprint density at radius 3 is 2.50 bits per heavy atom. The molecule has 3 N–H and O–H groups in total. The van der Waals surface area contributed by atoms with Gasteiger partial charge in [0.15, 0.2) is 0 Å². The molecule has 1 radical (unpaired) electrons. The average molecular weight is 88.1 g/mol. The lowest BCUT2D eigenvalue weighted by Crippen LogP contribution is -2.20. The summed E-state index contributed by atoms with van der Waals surface area (Å²) in [6, 6.07) is 0. The minimum atomic E-state index is -1.09. The highest BCUT2D eigenvalue weighted by molar-refractivity contribution is 5.56. The fraction of sp³-hybridized carbons (Fsp3) is 0.667. The van der Waals surface area contributed by atoms with E-state index in [1.807, 2.05) is 0 Å². The molecular formula is C3H6NO2. The van der Waals surface area contributed by atoms with Gasteiger partial charge in [-0.1, -0.05) is 0 Å². The van der Waals surface area contributed by atoms with Crippen molar-refractivity contribution in [2.45, 2.75) is 6.10 Å². The number of carbonyl (C=O) groups excluding carboxylic acids is 1. The Labute approximate surface area is 35.8 Å². The number of hydrogen-bond donors (Lipinski definition) is 2. The molecule has 0 saturated heterocycles. The first kappa shape index (κ1) is 5.59. The van der Waals surface area contributed by atoms with Crippen LogP contribution in [-0.4, -0.2) is 24.0 Å². The number of hydrogen-bond acceptors (Lipinski definition) is 3. The summed E-state index contributed by atoms with van der Waals surface area (Å²) in [6.07, 6.45) is 0.203. The summed E-state index contributed by atoms with van der Waals surface area (Å²) in [6.45, 7) is -0.0382. The van der Waals surface area contributed by atoms with Gasteiger partial charge < -0.3 is 10.8 Å². The van der Waals surface area contributed by atoms with Gasteiger partial charge in [0.25, 0.3) is 0 Å². The first-order valence-corrected chi connectivity index (χ1v) is 1.57. The minimum absolute atomic E-state index is 0.0382. The first-order valence-electron chi connectivity index (χ1n) is 1.57. The van der Waals surface area contributed by atoms with E-state index >= 15 is 0 Å². The van der Waals surface area contributed by atoms with Crippen LogP contribution in [0.2, 0.25) is 0 Å². The molecule has 0 aliphatic heterocycles. The van der Waals surface area contributed by atoms with Crippen LogP contribution in [0.15, 0.2) is 0 Å². The summed E-state index contributed by atoms with van der Waals surface area (Å²) in [4.78, 5) is 9.28. The van der Waals surface area contributed by atoms with Crippen molar-refractivity contribution >= 4 is 6.29 Å². The summed E-state index contributed by atoms with van der Waals surface area (Å²) in [5.41, 5.74) is 4.77. The summed E-state index contributed by atoms with van der Waals surface area (Å²) < 4.78 is 0. The van der Waals surface area contributed by atoms with Crippen molar-refractivity contribution < 1.29 is 9.90 Å². The average Bonchev–Trinajstić information content (AvgIpc) is 1.65. The van der Waals surface area contributed by atoms with Gasteiger partial charge in [-0.05, 0) is 0 Å². The summed E-state index contributed by atoms with van der Waals surface area (Å²) in [5.74, 6) is 0. The van der Waals surface area contributed by atoms with Crippen LogP contribution < -0.4 is 5.73 Å². The van der Waals surface area contributed by atoms with Crippen LogP contribution in [0.1, 0.15) is 0 Å². The van der Waals surface area contributed by atoms with Crippen LogP contribution in [-0.2, 0) is 4.79 Å². The zero-order chi connectivity index (χ0) is 4.99. The molecule has 0 fully saturated rings. The van der Waals surface area contributed by atoms with Gasteiger partial charge in [0.2, 0.25) is 6.29 Å². The maximum Gasteiger partial charge on any atom is 0.230 e. The number of aliphatic hydroxyl groups is 1. The summed E-state index contributed by atoms with van der Waals surface area (Å²) in [7, 11) is 0. The standard InChI is InChI=1S/C3H6NO2/c4-1-3(6)2-5/h3,6H,1,4H2/t3-/m0/s1. The molecule has 0 unspecified atom stereocenters. The fourth-order valence-electron chi connectivity index (χ4n) is 0.0481. The second kappa shape index (κ2) is 2.81. The molecule has 0 saturated carbocycles. The summed E-state index contributed by atoms with van der Waals surface area (Å²) in [5, 5.41) is 8.12. The second-order valence-corrected chi connectivity index (χ2v) is 0.869. The van der Waals surface area contributed by atoms with Crippen LogP contribution in [0.25, 0.3) is 0 Å². The smallest absolute Gasteiger partial charge is 0.230 e. The Bertz CT molecular complexity index is 46.1. The van der Waals surface area contributed by atoms with Gasteiger partial charge in [0.05, 0.1) is 0 Å². The van der Waals surface area contributed by atoms with Crippen molar-refractivity contribution in [3.63, 3.8) is 0 Å².